The first-order valence-electron chi connectivity index (χ1n) is 9.21. The molecule has 1 amide bonds. The SMILES string of the molecule is Cc1ccc(Cn2nc(C)c3c(c(C)c4n3CCN(C)C4=O)c2=O)cc1C. The summed E-state index contributed by atoms with van der Waals surface area (Å²) in [6.45, 7) is 9.66. The molecule has 0 bridgehead atoms. The summed E-state index contributed by atoms with van der Waals surface area (Å²) in [7, 11) is 1.80. The van der Waals surface area contributed by atoms with Gasteiger partial charge in [-0.15, -0.1) is 0 Å². The van der Waals surface area contributed by atoms with Gasteiger partial charge in [0.2, 0.25) is 0 Å². The van der Waals surface area contributed by atoms with Crippen LogP contribution in [0.1, 0.15) is 38.4 Å². The van der Waals surface area contributed by atoms with E-state index in [0.717, 1.165) is 22.3 Å². The van der Waals surface area contributed by atoms with E-state index in [1.807, 2.05) is 24.5 Å². The summed E-state index contributed by atoms with van der Waals surface area (Å²) in [5, 5.41) is 5.19. The van der Waals surface area contributed by atoms with Crippen LogP contribution in [-0.4, -0.2) is 38.7 Å². The number of amides is 1. The highest BCUT2D eigenvalue weighted by Gasteiger charge is 2.29. The van der Waals surface area contributed by atoms with Gasteiger partial charge >= 0.3 is 0 Å². The minimum Gasteiger partial charge on any atom is -0.339 e. The molecule has 6 heteroatoms. The lowest BCUT2D eigenvalue weighted by atomic mass is 10.1. The number of hydrogen-bond acceptors (Lipinski definition) is 3. The lowest BCUT2D eigenvalue weighted by molar-refractivity contribution is 0.0750. The van der Waals surface area contributed by atoms with E-state index in [4.69, 9.17) is 0 Å². The van der Waals surface area contributed by atoms with Gasteiger partial charge in [0.25, 0.3) is 11.5 Å². The third-order valence-electron chi connectivity index (χ3n) is 5.68. The third kappa shape index (κ3) is 2.59. The second kappa shape index (κ2) is 6.08. The van der Waals surface area contributed by atoms with Gasteiger partial charge in [0.05, 0.1) is 23.1 Å². The molecule has 0 atom stereocenters. The lowest BCUT2D eigenvalue weighted by Crippen LogP contribution is -2.37. The Morgan fingerprint density at radius 3 is 2.48 bits per heavy atom. The lowest BCUT2D eigenvalue weighted by Gasteiger charge is -2.25. The Balaban J connectivity index is 1.91. The Labute approximate surface area is 158 Å². The predicted molar refractivity (Wildman–Crippen MR) is 105 cm³/mol. The number of likely N-dealkylation sites (N-methyl/N-ethyl adjacent to an activating group) is 1. The van der Waals surface area contributed by atoms with E-state index in [1.165, 1.54) is 15.8 Å². The number of nitrogens with zero attached hydrogens (tertiary/aromatic N) is 4. The van der Waals surface area contributed by atoms with Gasteiger partial charge in [-0.05, 0) is 49.9 Å². The number of aromatic nitrogens is 3. The zero-order valence-electron chi connectivity index (χ0n) is 16.5. The fourth-order valence-corrected chi connectivity index (χ4v) is 4.00. The second-order valence-electron chi connectivity index (χ2n) is 7.54. The molecule has 0 fully saturated rings. The summed E-state index contributed by atoms with van der Waals surface area (Å²) >= 11 is 0. The molecule has 2 aromatic heterocycles. The van der Waals surface area contributed by atoms with Gasteiger partial charge in [0.1, 0.15) is 5.69 Å². The van der Waals surface area contributed by atoms with Crippen molar-refractivity contribution in [3.8, 4) is 0 Å². The molecule has 0 radical (unpaired) electrons. The first-order valence-corrected chi connectivity index (χ1v) is 9.21. The topological polar surface area (TPSA) is 60.1 Å². The maximum Gasteiger partial charge on any atom is 0.276 e. The smallest absolute Gasteiger partial charge is 0.276 e. The molecule has 4 rings (SSSR count). The number of rotatable bonds is 2. The fourth-order valence-electron chi connectivity index (χ4n) is 4.00. The Kier molecular flexibility index (Phi) is 3.94. The van der Waals surface area contributed by atoms with Crippen molar-refractivity contribution in [2.75, 3.05) is 13.6 Å². The molecule has 3 aromatic rings. The van der Waals surface area contributed by atoms with Gasteiger partial charge in [0.15, 0.2) is 0 Å². The summed E-state index contributed by atoms with van der Waals surface area (Å²) in [4.78, 5) is 27.6. The average Bonchev–Trinajstić information content (AvgIpc) is 2.93. The Morgan fingerprint density at radius 2 is 1.78 bits per heavy atom. The highest BCUT2D eigenvalue weighted by Crippen LogP contribution is 2.28. The Hall–Kier alpha value is -2.89. The molecule has 3 heterocycles. The minimum atomic E-state index is -0.135. The predicted octanol–water partition coefficient (Wildman–Crippen LogP) is 2.57. The van der Waals surface area contributed by atoms with Crippen molar-refractivity contribution < 1.29 is 4.79 Å². The van der Waals surface area contributed by atoms with Crippen LogP contribution in [0.5, 0.6) is 0 Å². The van der Waals surface area contributed by atoms with Crippen LogP contribution in [0.4, 0.5) is 0 Å². The maximum atomic E-state index is 13.2. The second-order valence-corrected chi connectivity index (χ2v) is 7.54. The Morgan fingerprint density at radius 1 is 1.04 bits per heavy atom. The molecule has 0 N–H and O–H groups in total. The van der Waals surface area contributed by atoms with Gasteiger partial charge in [-0.3, -0.25) is 9.59 Å². The first-order chi connectivity index (χ1) is 12.8. The van der Waals surface area contributed by atoms with Crippen molar-refractivity contribution in [2.24, 2.45) is 0 Å². The highest BCUT2D eigenvalue weighted by atomic mass is 16.2. The average molecular weight is 364 g/mol. The van der Waals surface area contributed by atoms with E-state index in [9.17, 15) is 9.59 Å². The molecule has 0 saturated carbocycles. The van der Waals surface area contributed by atoms with Crippen molar-refractivity contribution in [3.05, 3.63) is 62.2 Å². The Bertz CT molecular complexity index is 1150. The quantitative estimate of drug-likeness (QED) is 0.702. The fraction of sp³-hybridized carbons (Fsp3) is 0.381. The minimum absolute atomic E-state index is 0.0329. The van der Waals surface area contributed by atoms with E-state index < -0.39 is 0 Å². The van der Waals surface area contributed by atoms with Crippen LogP contribution in [0.2, 0.25) is 0 Å². The van der Waals surface area contributed by atoms with E-state index in [-0.39, 0.29) is 11.5 Å². The number of carbonyl (C=O) groups is 1. The zero-order valence-corrected chi connectivity index (χ0v) is 16.5. The van der Waals surface area contributed by atoms with Gasteiger partial charge in [0, 0.05) is 20.1 Å². The number of aryl methyl sites for hydroxylation is 4. The van der Waals surface area contributed by atoms with E-state index in [1.54, 1.807) is 11.9 Å². The van der Waals surface area contributed by atoms with Crippen LogP contribution in [0.15, 0.2) is 23.0 Å². The van der Waals surface area contributed by atoms with E-state index in [0.29, 0.717) is 30.7 Å². The molecule has 27 heavy (non-hydrogen) atoms. The van der Waals surface area contributed by atoms with Crippen LogP contribution in [0.25, 0.3) is 10.9 Å². The van der Waals surface area contributed by atoms with Crippen LogP contribution >= 0.6 is 0 Å². The molecule has 140 valence electrons. The standard InChI is InChI=1S/C21H24N4O2/c1-12-6-7-16(10-13(12)2)11-25-20(26)17-14(3)18-21(27)23(5)8-9-24(18)19(17)15(4)22-25/h6-7,10H,8-9,11H2,1-5H3. The summed E-state index contributed by atoms with van der Waals surface area (Å²) in [5.74, 6) is -0.0329. The summed E-state index contributed by atoms with van der Waals surface area (Å²) in [6.07, 6.45) is 0. The van der Waals surface area contributed by atoms with Gasteiger partial charge in [-0.25, -0.2) is 4.68 Å². The summed E-state index contributed by atoms with van der Waals surface area (Å²) in [5.41, 5.74) is 6.28. The van der Waals surface area contributed by atoms with E-state index >= 15 is 0 Å². The van der Waals surface area contributed by atoms with Crippen molar-refractivity contribution in [3.63, 3.8) is 0 Å². The van der Waals surface area contributed by atoms with Gasteiger partial charge in [-0.2, -0.15) is 5.10 Å². The molecule has 0 aliphatic carbocycles. The van der Waals surface area contributed by atoms with Gasteiger partial charge in [-0.1, -0.05) is 18.2 Å². The molecule has 1 aliphatic heterocycles. The number of benzene rings is 1. The van der Waals surface area contributed by atoms with Gasteiger partial charge < -0.3 is 9.47 Å². The molecule has 1 aromatic carbocycles. The molecule has 1 aliphatic rings. The van der Waals surface area contributed by atoms with Crippen molar-refractivity contribution in [1.82, 2.24) is 19.2 Å². The van der Waals surface area contributed by atoms with Crippen molar-refractivity contribution in [2.45, 2.75) is 40.8 Å². The van der Waals surface area contributed by atoms with Crippen LogP contribution in [0, 0.1) is 27.7 Å². The molecular formula is C21H24N4O2. The van der Waals surface area contributed by atoms with Crippen LogP contribution in [-0.2, 0) is 13.1 Å². The maximum absolute atomic E-state index is 13.2. The normalized spacial score (nSPS) is 14.1. The molecule has 0 saturated heterocycles. The number of carbonyl (C=O) groups excluding carboxylic acids is 1. The largest absolute Gasteiger partial charge is 0.339 e. The molecule has 6 nitrogen and oxygen atoms in total. The number of hydrogen-bond donors (Lipinski definition) is 0. The zero-order chi connectivity index (χ0) is 19.5. The molecular weight excluding hydrogens is 340 g/mol. The van der Waals surface area contributed by atoms with E-state index in [2.05, 4.69) is 31.1 Å². The molecule has 0 unspecified atom stereocenters. The first kappa shape index (κ1) is 17.5. The molecule has 0 spiro atoms. The monoisotopic (exact) mass is 364 g/mol. The number of fused-ring (bicyclic) bond motifs is 3. The van der Waals surface area contributed by atoms with Crippen molar-refractivity contribution >= 4 is 16.8 Å². The van der Waals surface area contributed by atoms with Crippen molar-refractivity contribution in [1.29, 1.82) is 0 Å². The third-order valence-corrected chi connectivity index (χ3v) is 5.68. The summed E-state index contributed by atoms with van der Waals surface area (Å²) in [6, 6.07) is 6.20. The summed E-state index contributed by atoms with van der Waals surface area (Å²) < 4.78 is 3.49. The highest BCUT2D eigenvalue weighted by molar-refractivity contribution is 6.02. The van der Waals surface area contributed by atoms with Crippen LogP contribution < -0.4 is 5.56 Å². The van der Waals surface area contributed by atoms with Crippen LogP contribution in [0.3, 0.4) is 0 Å².